The summed E-state index contributed by atoms with van der Waals surface area (Å²) in [4.78, 5) is 17.2. The molecular weight excluding hydrogens is 338 g/mol. The Morgan fingerprint density at radius 3 is 2.48 bits per heavy atom. The van der Waals surface area contributed by atoms with E-state index in [1.807, 2.05) is 43.3 Å². The lowest BCUT2D eigenvalue weighted by Gasteiger charge is -2.35. The molecule has 0 radical (unpaired) electrons. The molecule has 144 valence electrons. The van der Waals surface area contributed by atoms with E-state index in [4.69, 9.17) is 4.74 Å². The Bertz CT molecular complexity index is 798. The summed E-state index contributed by atoms with van der Waals surface area (Å²) < 4.78 is 5.76. The lowest BCUT2D eigenvalue weighted by atomic mass is 10.1. The number of aryl methyl sites for hydroxylation is 2. The van der Waals surface area contributed by atoms with Crippen molar-refractivity contribution in [2.24, 2.45) is 0 Å². The molecule has 1 amide bonds. The van der Waals surface area contributed by atoms with Crippen molar-refractivity contribution in [3.8, 4) is 5.75 Å². The molecule has 5 heteroatoms. The highest BCUT2D eigenvalue weighted by Crippen LogP contribution is 2.25. The lowest BCUT2D eigenvalue weighted by Crippen LogP contribution is -2.44. The molecule has 1 atom stereocenters. The number of carbonyl (C=O) groups is 1. The number of carbonyl (C=O) groups excluding carboxylic acids is 1. The van der Waals surface area contributed by atoms with Crippen molar-refractivity contribution < 1.29 is 9.53 Å². The van der Waals surface area contributed by atoms with E-state index >= 15 is 0 Å². The molecule has 0 bridgehead atoms. The number of piperazine rings is 1. The van der Waals surface area contributed by atoms with Crippen LogP contribution in [-0.2, 0) is 4.79 Å². The number of amides is 1. The first kappa shape index (κ1) is 19.2. The molecule has 1 aliphatic rings. The fraction of sp³-hybridized carbons (Fsp3) is 0.409. The molecule has 0 aromatic heterocycles. The zero-order valence-corrected chi connectivity index (χ0v) is 16.7. The highest BCUT2D eigenvalue weighted by molar-refractivity contribution is 5.94. The van der Waals surface area contributed by atoms with E-state index in [-0.39, 0.29) is 5.91 Å². The number of nitrogens with zero attached hydrogens (tertiary/aromatic N) is 2. The number of anilines is 2. The molecule has 1 fully saturated rings. The van der Waals surface area contributed by atoms with Crippen molar-refractivity contribution in [1.29, 1.82) is 0 Å². The third kappa shape index (κ3) is 5.01. The molecule has 2 aromatic rings. The molecule has 1 saturated heterocycles. The number of nitrogens with one attached hydrogen (secondary N) is 1. The van der Waals surface area contributed by atoms with Gasteiger partial charge in [-0.2, -0.15) is 0 Å². The summed E-state index contributed by atoms with van der Waals surface area (Å²) >= 11 is 0. The van der Waals surface area contributed by atoms with Crippen LogP contribution in [-0.4, -0.2) is 50.1 Å². The minimum atomic E-state index is -0.565. The van der Waals surface area contributed by atoms with Crippen LogP contribution < -0.4 is 15.0 Å². The maximum atomic E-state index is 12.5. The van der Waals surface area contributed by atoms with Gasteiger partial charge < -0.3 is 19.9 Å². The van der Waals surface area contributed by atoms with Gasteiger partial charge in [0, 0.05) is 37.6 Å². The Balaban J connectivity index is 1.61. The van der Waals surface area contributed by atoms with Gasteiger partial charge in [-0.3, -0.25) is 4.79 Å². The molecule has 1 aliphatic heterocycles. The normalized spacial score (nSPS) is 16.1. The SMILES string of the molecule is Cc1cccc(OC(C)C(=O)Nc2ccc(N3CCN(C)CC3)c(C)c2)c1. The van der Waals surface area contributed by atoms with Crippen molar-refractivity contribution in [2.75, 3.05) is 43.4 Å². The van der Waals surface area contributed by atoms with Crippen molar-refractivity contribution in [2.45, 2.75) is 26.9 Å². The van der Waals surface area contributed by atoms with E-state index in [1.165, 1.54) is 11.3 Å². The summed E-state index contributed by atoms with van der Waals surface area (Å²) in [6.07, 6.45) is -0.565. The van der Waals surface area contributed by atoms with E-state index in [1.54, 1.807) is 6.92 Å². The van der Waals surface area contributed by atoms with Gasteiger partial charge in [0.15, 0.2) is 6.10 Å². The molecule has 0 spiro atoms. The summed E-state index contributed by atoms with van der Waals surface area (Å²) in [5.41, 5.74) is 4.32. The van der Waals surface area contributed by atoms with Gasteiger partial charge in [0.05, 0.1) is 0 Å². The molecule has 5 nitrogen and oxygen atoms in total. The first-order chi connectivity index (χ1) is 12.9. The Hall–Kier alpha value is -2.53. The Morgan fingerprint density at radius 2 is 1.81 bits per heavy atom. The van der Waals surface area contributed by atoms with Crippen molar-refractivity contribution in [3.05, 3.63) is 53.6 Å². The molecule has 3 rings (SSSR count). The minimum Gasteiger partial charge on any atom is -0.481 e. The van der Waals surface area contributed by atoms with Gasteiger partial charge >= 0.3 is 0 Å². The summed E-state index contributed by atoms with van der Waals surface area (Å²) in [5.74, 6) is 0.558. The van der Waals surface area contributed by atoms with Crippen LogP contribution in [0.25, 0.3) is 0 Å². The van der Waals surface area contributed by atoms with Gasteiger partial charge in [0.1, 0.15) is 5.75 Å². The summed E-state index contributed by atoms with van der Waals surface area (Å²) in [7, 11) is 2.16. The van der Waals surface area contributed by atoms with E-state index in [0.29, 0.717) is 5.75 Å². The number of hydrogen-bond acceptors (Lipinski definition) is 4. The van der Waals surface area contributed by atoms with E-state index in [2.05, 4.69) is 35.2 Å². The van der Waals surface area contributed by atoms with Gasteiger partial charge in [0.2, 0.25) is 0 Å². The van der Waals surface area contributed by atoms with E-state index in [0.717, 1.165) is 37.4 Å². The second kappa shape index (κ2) is 8.44. The van der Waals surface area contributed by atoms with Gasteiger partial charge in [-0.15, -0.1) is 0 Å². The molecule has 1 N–H and O–H groups in total. The molecule has 0 saturated carbocycles. The quantitative estimate of drug-likeness (QED) is 0.879. The van der Waals surface area contributed by atoms with Crippen LogP contribution in [0.1, 0.15) is 18.1 Å². The highest BCUT2D eigenvalue weighted by Gasteiger charge is 2.18. The van der Waals surface area contributed by atoms with Gasteiger partial charge in [-0.05, 0) is 69.3 Å². The fourth-order valence-corrected chi connectivity index (χ4v) is 3.33. The maximum Gasteiger partial charge on any atom is 0.265 e. The molecule has 27 heavy (non-hydrogen) atoms. The van der Waals surface area contributed by atoms with Gasteiger partial charge in [-0.25, -0.2) is 0 Å². The number of rotatable bonds is 5. The van der Waals surface area contributed by atoms with Gasteiger partial charge in [-0.1, -0.05) is 12.1 Å². The molecule has 1 unspecified atom stereocenters. The summed E-state index contributed by atoms with van der Waals surface area (Å²) in [5, 5.41) is 2.96. The zero-order chi connectivity index (χ0) is 19.4. The number of benzene rings is 2. The molecule has 1 heterocycles. The average Bonchev–Trinajstić information content (AvgIpc) is 2.63. The average molecular weight is 367 g/mol. The van der Waals surface area contributed by atoms with Gasteiger partial charge in [0.25, 0.3) is 5.91 Å². The second-order valence-corrected chi connectivity index (χ2v) is 7.36. The van der Waals surface area contributed by atoms with E-state index in [9.17, 15) is 4.79 Å². The van der Waals surface area contributed by atoms with Crippen molar-refractivity contribution in [1.82, 2.24) is 4.90 Å². The highest BCUT2D eigenvalue weighted by atomic mass is 16.5. The second-order valence-electron chi connectivity index (χ2n) is 7.36. The van der Waals surface area contributed by atoms with Crippen LogP contribution in [0.4, 0.5) is 11.4 Å². The van der Waals surface area contributed by atoms with Crippen LogP contribution >= 0.6 is 0 Å². The molecule has 0 aliphatic carbocycles. The first-order valence-electron chi connectivity index (χ1n) is 9.51. The van der Waals surface area contributed by atoms with Crippen LogP contribution in [0, 0.1) is 13.8 Å². The zero-order valence-electron chi connectivity index (χ0n) is 16.7. The van der Waals surface area contributed by atoms with Crippen molar-refractivity contribution in [3.63, 3.8) is 0 Å². The maximum absolute atomic E-state index is 12.5. The smallest absolute Gasteiger partial charge is 0.265 e. The Morgan fingerprint density at radius 1 is 1.07 bits per heavy atom. The number of likely N-dealkylation sites (N-methyl/N-ethyl adjacent to an activating group) is 1. The molecular formula is C22H29N3O2. The summed E-state index contributed by atoms with van der Waals surface area (Å²) in [6.45, 7) is 10.1. The third-order valence-corrected chi connectivity index (χ3v) is 4.98. The van der Waals surface area contributed by atoms with Crippen molar-refractivity contribution >= 4 is 17.3 Å². The largest absolute Gasteiger partial charge is 0.481 e. The minimum absolute atomic E-state index is 0.150. The predicted molar refractivity (Wildman–Crippen MR) is 111 cm³/mol. The lowest BCUT2D eigenvalue weighted by molar-refractivity contribution is -0.122. The van der Waals surface area contributed by atoms with Crippen LogP contribution in [0.3, 0.4) is 0 Å². The summed E-state index contributed by atoms with van der Waals surface area (Å²) in [6, 6.07) is 13.8. The molecule has 2 aromatic carbocycles. The predicted octanol–water partition coefficient (Wildman–Crippen LogP) is 3.46. The number of hydrogen-bond donors (Lipinski definition) is 1. The third-order valence-electron chi connectivity index (χ3n) is 4.98. The topological polar surface area (TPSA) is 44.8 Å². The van der Waals surface area contributed by atoms with Crippen LogP contribution in [0.2, 0.25) is 0 Å². The Kier molecular flexibility index (Phi) is 6.01. The first-order valence-corrected chi connectivity index (χ1v) is 9.51. The number of ether oxygens (including phenoxy) is 1. The monoisotopic (exact) mass is 367 g/mol. The Labute approximate surface area is 161 Å². The standard InChI is InChI=1S/C22H29N3O2/c1-16-6-5-7-20(14-16)27-18(3)22(26)23-19-8-9-21(17(2)15-19)25-12-10-24(4)11-13-25/h5-9,14-15,18H,10-13H2,1-4H3,(H,23,26). The van der Waals surface area contributed by atoms with Crippen LogP contribution in [0.5, 0.6) is 5.75 Å². The van der Waals surface area contributed by atoms with E-state index < -0.39 is 6.10 Å². The van der Waals surface area contributed by atoms with Crippen LogP contribution in [0.15, 0.2) is 42.5 Å². The fourth-order valence-electron chi connectivity index (χ4n) is 3.33.